The minimum atomic E-state index is -0.546. The van der Waals surface area contributed by atoms with Gasteiger partial charge in [0.25, 0.3) is 5.56 Å². The highest BCUT2D eigenvalue weighted by molar-refractivity contribution is 7.99. The Balaban J connectivity index is 2.41. The summed E-state index contributed by atoms with van der Waals surface area (Å²) in [4.78, 5) is 17.3. The molecule has 0 aliphatic rings. The van der Waals surface area contributed by atoms with Crippen LogP contribution in [0.1, 0.15) is 0 Å². The average Bonchev–Trinajstić information content (AvgIpc) is 2.15. The van der Waals surface area contributed by atoms with E-state index in [-0.39, 0.29) is 12.2 Å². The lowest BCUT2D eigenvalue weighted by atomic mass is 10.4. The maximum absolute atomic E-state index is 10.9. The van der Waals surface area contributed by atoms with Crippen LogP contribution in [0.4, 0.5) is 0 Å². The average molecular weight is 216 g/mol. The molecule has 78 valence electrons. The molecular weight excluding hydrogens is 204 g/mol. The van der Waals surface area contributed by atoms with Crippen LogP contribution in [0.25, 0.3) is 0 Å². The molecule has 1 heterocycles. The molecule has 0 saturated heterocycles. The van der Waals surface area contributed by atoms with E-state index in [0.717, 1.165) is 0 Å². The fourth-order valence-electron chi connectivity index (χ4n) is 0.841. The molecule has 0 amide bonds. The number of nitrogens with zero attached hydrogens (tertiary/aromatic N) is 1. The molecule has 0 bridgehead atoms. The Hall–Kier alpha value is -0.850. The zero-order chi connectivity index (χ0) is 10.4. The van der Waals surface area contributed by atoms with Gasteiger partial charge in [0.15, 0.2) is 5.16 Å². The van der Waals surface area contributed by atoms with Crippen molar-refractivity contribution in [1.29, 1.82) is 0 Å². The number of methoxy groups -OCH3 is 1. The van der Waals surface area contributed by atoms with Crippen molar-refractivity contribution >= 4 is 11.8 Å². The fraction of sp³-hybridized carbons (Fsp3) is 0.500. The van der Waals surface area contributed by atoms with Crippen LogP contribution in [0.15, 0.2) is 22.2 Å². The van der Waals surface area contributed by atoms with Gasteiger partial charge in [-0.3, -0.25) is 4.79 Å². The van der Waals surface area contributed by atoms with Gasteiger partial charge in [-0.2, -0.15) is 0 Å². The second-order valence-electron chi connectivity index (χ2n) is 2.66. The number of H-pyrrole nitrogens is 1. The van der Waals surface area contributed by atoms with E-state index in [1.807, 2.05) is 0 Å². The van der Waals surface area contributed by atoms with Crippen LogP contribution in [0.5, 0.6) is 0 Å². The second-order valence-corrected chi connectivity index (χ2v) is 3.67. The summed E-state index contributed by atoms with van der Waals surface area (Å²) in [6.45, 7) is 0.282. The molecule has 0 aliphatic carbocycles. The summed E-state index contributed by atoms with van der Waals surface area (Å²) in [5.74, 6) is 0.445. The Morgan fingerprint density at radius 3 is 3.21 bits per heavy atom. The maximum atomic E-state index is 10.9. The number of thioether (sulfide) groups is 1. The number of aliphatic hydroxyl groups is 1. The van der Waals surface area contributed by atoms with Gasteiger partial charge in [-0.05, 0) is 0 Å². The van der Waals surface area contributed by atoms with Crippen LogP contribution < -0.4 is 5.56 Å². The van der Waals surface area contributed by atoms with Gasteiger partial charge < -0.3 is 14.8 Å². The van der Waals surface area contributed by atoms with E-state index in [1.165, 1.54) is 31.1 Å². The molecular formula is C8H12N2O3S. The molecule has 1 unspecified atom stereocenters. The minimum absolute atomic E-state index is 0.191. The number of aromatic amines is 1. The molecule has 1 aromatic rings. The quantitative estimate of drug-likeness (QED) is 0.529. The third-order valence-electron chi connectivity index (χ3n) is 1.42. The number of rotatable bonds is 5. The number of ether oxygens (including phenoxy) is 1. The number of nitrogens with one attached hydrogen (secondary N) is 1. The molecule has 2 N–H and O–H groups in total. The summed E-state index contributed by atoms with van der Waals surface area (Å²) >= 11 is 1.29. The first kappa shape index (κ1) is 11.2. The van der Waals surface area contributed by atoms with Crippen LogP contribution in [0.2, 0.25) is 0 Å². The zero-order valence-corrected chi connectivity index (χ0v) is 8.58. The number of hydrogen-bond acceptors (Lipinski definition) is 5. The van der Waals surface area contributed by atoms with Crippen molar-refractivity contribution in [2.24, 2.45) is 0 Å². The highest BCUT2D eigenvalue weighted by Gasteiger charge is 2.05. The highest BCUT2D eigenvalue weighted by atomic mass is 32.2. The Bertz CT molecular complexity index is 328. The predicted octanol–water partition coefficient (Wildman–Crippen LogP) is -0.131. The lowest BCUT2D eigenvalue weighted by Crippen LogP contribution is -2.17. The normalized spacial score (nSPS) is 12.7. The van der Waals surface area contributed by atoms with Gasteiger partial charge in [0.1, 0.15) is 0 Å². The van der Waals surface area contributed by atoms with Crippen LogP contribution in [0, 0.1) is 0 Å². The van der Waals surface area contributed by atoms with E-state index >= 15 is 0 Å². The summed E-state index contributed by atoms with van der Waals surface area (Å²) < 4.78 is 4.76. The van der Waals surface area contributed by atoms with Crippen molar-refractivity contribution in [2.75, 3.05) is 19.5 Å². The summed E-state index contributed by atoms with van der Waals surface area (Å²) in [5.41, 5.74) is -0.191. The maximum Gasteiger partial charge on any atom is 0.251 e. The molecule has 14 heavy (non-hydrogen) atoms. The molecule has 1 atom stereocenters. The Kier molecular flexibility index (Phi) is 4.64. The second kappa shape index (κ2) is 5.79. The summed E-state index contributed by atoms with van der Waals surface area (Å²) in [5, 5.41) is 9.82. The van der Waals surface area contributed by atoms with Crippen LogP contribution >= 0.6 is 11.8 Å². The highest BCUT2D eigenvalue weighted by Crippen LogP contribution is 2.11. The van der Waals surface area contributed by atoms with Gasteiger partial charge >= 0.3 is 0 Å². The smallest absolute Gasteiger partial charge is 0.251 e. The van der Waals surface area contributed by atoms with Gasteiger partial charge in [-0.25, -0.2) is 4.98 Å². The van der Waals surface area contributed by atoms with Crippen molar-refractivity contribution in [3.8, 4) is 0 Å². The van der Waals surface area contributed by atoms with E-state index in [2.05, 4.69) is 9.97 Å². The third kappa shape index (κ3) is 3.91. The van der Waals surface area contributed by atoms with E-state index in [1.54, 1.807) is 0 Å². The Labute approximate surface area is 85.5 Å². The Morgan fingerprint density at radius 1 is 1.79 bits per heavy atom. The zero-order valence-electron chi connectivity index (χ0n) is 7.77. The van der Waals surface area contributed by atoms with Gasteiger partial charge in [0.05, 0.1) is 12.7 Å². The van der Waals surface area contributed by atoms with E-state index < -0.39 is 6.10 Å². The monoisotopic (exact) mass is 216 g/mol. The lowest BCUT2D eigenvalue weighted by Gasteiger charge is -2.07. The van der Waals surface area contributed by atoms with Crippen molar-refractivity contribution < 1.29 is 9.84 Å². The van der Waals surface area contributed by atoms with E-state index in [0.29, 0.717) is 10.9 Å². The summed E-state index contributed by atoms with van der Waals surface area (Å²) in [6, 6.07) is 1.34. The van der Waals surface area contributed by atoms with Gasteiger partial charge in [0.2, 0.25) is 0 Å². The van der Waals surface area contributed by atoms with Crippen molar-refractivity contribution in [2.45, 2.75) is 11.3 Å². The largest absolute Gasteiger partial charge is 0.390 e. The van der Waals surface area contributed by atoms with Crippen molar-refractivity contribution in [3.05, 3.63) is 22.6 Å². The molecule has 5 nitrogen and oxygen atoms in total. The van der Waals surface area contributed by atoms with Gasteiger partial charge in [0, 0.05) is 25.1 Å². The van der Waals surface area contributed by atoms with Gasteiger partial charge in [-0.1, -0.05) is 11.8 Å². The van der Waals surface area contributed by atoms with Crippen LogP contribution in [-0.4, -0.2) is 40.6 Å². The molecule has 0 aliphatic heterocycles. The number of aliphatic hydroxyl groups excluding tert-OH is 1. The standard InChI is InChI=1S/C8H12N2O3S/c1-13-4-6(11)5-14-8-9-3-2-7(12)10-8/h2-3,6,11H,4-5H2,1H3,(H,9,10,12). The molecule has 1 rings (SSSR count). The predicted molar refractivity (Wildman–Crippen MR) is 53.5 cm³/mol. The van der Waals surface area contributed by atoms with E-state index in [9.17, 15) is 9.90 Å². The molecule has 0 aromatic carbocycles. The Morgan fingerprint density at radius 2 is 2.57 bits per heavy atom. The molecule has 6 heteroatoms. The number of aromatic nitrogens is 2. The molecule has 1 aromatic heterocycles. The molecule has 0 spiro atoms. The van der Waals surface area contributed by atoms with Gasteiger partial charge in [-0.15, -0.1) is 0 Å². The molecule has 0 saturated carbocycles. The number of hydrogen-bond donors (Lipinski definition) is 2. The topological polar surface area (TPSA) is 75.2 Å². The van der Waals surface area contributed by atoms with E-state index in [4.69, 9.17) is 4.74 Å². The summed E-state index contributed by atoms with van der Waals surface area (Å²) in [7, 11) is 1.52. The SMILES string of the molecule is COCC(O)CSc1nccc(=O)[nH]1. The third-order valence-corrected chi connectivity index (χ3v) is 2.45. The first-order chi connectivity index (χ1) is 6.72. The first-order valence-electron chi connectivity index (χ1n) is 4.07. The minimum Gasteiger partial charge on any atom is -0.390 e. The van der Waals surface area contributed by atoms with Crippen LogP contribution in [-0.2, 0) is 4.74 Å². The fourth-order valence-corrected chi connectivity index (χ4v) is 1.60. The van der Waals surface area contributed by atoms with Crippen molar-refractivity contribution in [3.63, 3.8) is 0 Å². The summed E-state index contributed by atoms with van der Waals surface area (Å²) in [6.07, 6.45) is 0.889. The first-order valence-corrected chi connectivity index (χ1v) is 5.06. The molecule has 0 fully saturated rings. The molecule has 0 radical (unpaired) electrons. The van der Waals surface area contributed by atoms with Crippen LogP contribution in [0.3, 0.4) is 0 Å². The lowest BCUT2D eigenvalue weighted by molar-refractivity contribution is 0.0793. The van der Waals surface area contributed by atoms with Crippen molar-refractivity contribution in [1.82, 2.24) is 9.97 Å².